The lowest BCUT2D eigenvalue weighted by Gasteiger charge is -2.35. The van der Waals surface area contributed by atoms with Gasteiger partial charge in [-0.05, 0) is 56.9 Å². The van der Waals surface area contributed by atoms with Gasteiger partial charge in [0, 0.05) is 31.9 Å². The molecule has 182 valence electrons. The van der Waals surface area contributed by atoms with Gasteiger partial charge in [0.05, 0.1) is 28.5 Å². The summed E-state index contributed by atoms with van der Waals surface area (Å²) in [4.78, 5) is 38.1. The standard InChI is InChI=1S/C26H30N6O2S/c1-16-29-18-8-3-4-9-20(18)31(16)15-7-11-22(33)32-14-6-5-10-21(32)19-13-12-17-23(27)24(25(34)28-2)35-26(17)30-19/h3-4,8-9,12-13,21H,5-7,10-11,14-15,27H2,1-2H3,(H,28,34)/t21-/m0/s1. The predicted octanol–water partition coefficient (Wildman–Crippen LogP) is 4.43. The molecule has 4 heterocycles. The van der Waals surface area contributed by atoms with E-state index < -0.39 is 0 Å². The van der Waals surface area contributed by atoms with Gasteiger partial charge < -0.3 is 20.5 Å². The highest BCUT2D eigenvalue weighted by atomic mass is 32.1. The highest BCUT2D eigenvalue weighted by molar-refractivity contribution is 7.21. The Morgan fingerprint density at radius 3 is 2.83 bits per heavy atom. The third-order valence-electron chi connectivity index (χ3n) is 6.83. The van der Waals surface area contributed by atoms with Crippen LogP contribution in [0.3, 0.4) is 0 Å². The second-order valence-corrected chi connectivity index (χ2v) is 10.0. The summed E-state index contributed by atoms with van der Waals surface area (Å²) >= 11 is 1.30. The van der Waals surface area contributed by atoms with Crippen LogP contribution in [0.25, 0.3) is 21.3 Å². The summed E-state index contributed by atoms with van der Waals surface area (Å²) in [5, 5.41) is 3.42. The van der Waals surface area contributed by atoms with E-state index in [2.05, 4.69) is 20.9 Å². The van der Waals surface area contributed by atoms with Crippen molar-refractivity contribution >= 4 is 50.1 Å². The van der Waals surface area contributed by atoms with E-state index in [1.165, 1.54) is 11.3 Å². The molecule has 0 aliphatic carbocycles. The summed E-state index contributed by atoms with van der Waals surface area (Å²) in [6.45, 7) is 3.51. The van der Waals surface area contributed by atoms with Crippen molar-refractivity contribution in [1.29, 1.82) is 0 Å². The van der Waals surface area contributed by atoms with E-state index in [4.69, 9.17) is 10.7 Å². The first kappa shape index (κ1) is 23.3. The normalized spacial score (nSPS) is 16.2. The first-order valence-electron chi connectivity index (χ1n) is 12.1. The van der Waals surface area contributed by atoms with E-state index in [9.17, 15) is 9.59 Å². The third-order valence-corrected chi connectivity index (χ3v) is 7.94. The number of anilines is 1. The number of benzene rings is 1. The fraction of sp³-hybridized carbons (Fsp3) is 0.385. The molecule has 8 nitrogen and oxygen atoms in total. The Kier molecular flexibility index (Phi) is 6.42. The number of thiophene rings is 1. The van der Waals surface area contributed by atoms with Crippen LogP contribution in [-0.2, 0) is 11.3 Å². The number of amides is 2. The molecule has 0 radical (unpaired) electrons. The highest BCUT2D eigenvalue weighted by Gasteiger charge is 2.29. The molecule has 1 aliphatic heterocycles. The molecule has 2 amide bonds. The van der Waals surface area contributed by atoms with E-state index in [0.29, 0.717) is 17.0 Å². The van der Waals surface area contributed by atoms with Gasteiger partial charge in [-0.15, -0.1) is 11.3 Å². The number of nitrogens with two attached hydrogens (primary N) is 1. The third kappa shape index (κ3) is 4.36. The second-order valence-electron chi connectivity index (χ2n) is 9.01. The first-order chi connectivity index (χ1) is 17.0. The first-order valence-corrected chi connectivity index (χ1v) is 12.9. The van der Waals surface area contributed by atoms with E-state index >= 15 is 0 Å². The number of carbonyl (C=O) groups is 2. The maximum atomic E-state index is 13.3. The maximum absolute atomic E-state index is 13.3. The Morgan fingerprint density at radius 1 is 1.17 bits per heavy atom. The smallest absolute Gasteiger partial charge is 0.263 e. The number of rotatable bonds is 6. The lowest BCUT2D eigenvalue weighted by Crippen LogP contribution is -2.38. The van der Waals surface area contributed by atoms with Gasteiger partial charge in [-0.3, -0.25) is 9.59 Å². The van der Waals surface area contributed by atoms with Crippen molar-refractivity contribution in [2.24, 2.45) is 0 Å². The van der Waals surface area contributed by atoms with Gasteiger partial charge in [-0.2, -0.15) is 0 Å². The SMILES string of the molecule is CNC(=O)c1sc2nc([C@@H]3CCCCN3C(=O)CCCn3c(C)nc4ccccc43)ccc2c1N. The van der Waals surface area contributed by atoms with Crippen LogP contribution < -0.4 is 11.1 Å². The fourth-order valence-electron chi connectivity index (χ4n) is 5.03. The van der Waals surface area contributed by atoms with Gasteiger partial charge >= 0.3 is 0 Å². The number of nitrogens with zero attached hydrogens (tertiary/aromatic N) is 4. The van der Waals surface area contributed by atoms with Crippen LogP contribution in [0.2, 0.25) is 0 Å². The largest absolute Gasteiger partial charge is 0.397 e. The van der Waals surface area contributed by atoms with E-state index in [1.54, 1.807) is 7.05 Å². The number of hydrogen-bond acceptors (Lipinski definition) is 6. The number of pyridine rings is 1. The molecule has 4 aromatic rings. The van der Waals surface area contributed by atoms with Gasteiger partial charge in [-0.25, -0.2) is 9.97 Å². The summed E-state index contributed by atoms with van der Waals surface area (Å²) < 4.78 is 2.19. The number of fused-ring (bicyclic) bond motifs is 2. The summed E-state index contributed by atoms with van der Waals surface area (Å²) in [6.07, 6.45) is 4.19. The van der Waals surface area contributed by atoms with Crippen molar-refractivity contribution in [3.8, 4) is 0 Å². The molecule has 3 aromatic heterocycles. The number of para-hydroxylation sites is 2. The number of nitrogen functional groups attached to an aromatic ring is 1. The Labute approximate surface area is 208 Å². The molecule has 1 saturated heterocycles. The predicted molar refractivity (Wildman–Crippen MR) is 139 cm³/mol. The number of piperidine rings is 1. The lowest BCUT2D eigenvalue weighted by atomic mass is 9.98. The van der Waals surface area contributed by atoms with Crippen LogP contribution in [0.1, 0.15) is 59.3 Å². The average Bonchev–Trinajstić information content (AvgIpc) is 3.39. The molecule has 0 unspecified atom stereocenters. The topological polar surface area (TPSA) is 106 Å². The van der Waals surface area contributed by atoms with Crippen LogP contribution in [0.5, 0.6) is 0 Å². The van der Waals surface area contributed by atoms with Gasteiger partial charge in [-0.1, -0.05) is 12.1 Å². The summed E-state index contributed by atoms with van der Waals surface area (Å²) in [7, 11) is 1.59. The van der Waals surface area contributed by atoms with Crippen molar-refractivity contribution in [2.45, 2.75) is 51.6 Å². The quantitative estimate of drug-likeness (QED) is 0.416. The van der Waals surface area contributed by atoms with Crippen LogP contribution in [-0.4, -0.2) is 44.8 Å². The molecule has 0 bridgehead atoms. The number of aryl methyl sites for hydroxylation is 2. The number of hydrogen-bond donors (Lipinski definition) is 2. The van der Waals surface area contributed by atoms with Crippen molar-refractivity contribution in [3.63, 3.8) is 0 Å². The zero-order chi connectivity index (χ0) is 24.5. The number of aromatic nitrogens is 3. The van der Waals surface area contributed by atoms with Crippen molar-refractivity contribution in [1.82, 2.24) is 24.8 Å². The van der Waals surface area contributed by atoms with E-state index in [0.717, 1.165) is 71.5 Å². The summed E-state index contributed by atoms with van der Waals surface area (Å²) in [6, 6.07) is 11.9. The molecule has 0 saturated carbocycles. The molecule has 5 rings (SSSR count). The lowest BCUT2D eigenvalue weighted by molar-refractivity contribution is -0.135. The molecule has 1 aliphatic rings. The molecule has 1 aromatic carbocycles. The number of carbonyl (C=O) groups excluding carboxylic acids is 2. The van der Waals surface area contributed by atoms with Gasteiger partial charge in [0.1, 0.15) is 15.5 Å². The molecule has 35 heavy (non-hydrogen) atoms. The average molecular weight is 491 g/mol. The molecular weight excluding hydrogens is 460 g/mol. The van der Waals surface area contributed by atoms with Gasteiger partial charge in [0.25, 0.3) is 5.91 Å². The molecule has 1 fully saturated rings. The van der Waals surface area contributed by atoms with Crippen molar-refractivity contribution < 1.29 is 9.59 Å². The summed E-state index contributed by atoms with van der Waals surface area (Å²) in [5.41, 5.74) is 9.62. The Hall–Kier alpha value is -3.46. The molecule has 9 heteroatoms. The van der Waals surface area contributed by atoms with Gasteiger partial charge in [0.15, 0.2) is 0 Å². The Balaban J connectivity index is 1.31. The molecule has 0 spiro atoms. The molecule has 1 atom stereocenters. The number of likely N-dealkylation sites (tertiary alicyclic amines) is 1. The Morgan fingerprint density at radius 2 is 2.00 bits per heavy atom. The van der Waals surface area contributed by atoms with Crippen LogP contribution in [0, 0.1) is 6.92 Å². The maximum Gasteiger partial charge on any atom is 0.263 e. The molecule has 3 N–H and O–H groups in total. The van der Waals surface area contributed by atoms with Crippen LogP contribution in [0.4, 0.5) is 5.69 Å². The van der Waals surface area contributed by atoms with E-state index in [1.807, 2.05) is 42.2 Å². The Bertz CT molecular complexity index is 1410. The summed E-state index contributed by atoms with van der Waals surface area (Å²) in [5.74, 6) is 0.927. The minimum absolute atomic E-state index is 0.0526. The van der Waals surface area contributed by atoms with Crippen molar-refractivity contribution in [3.05, 3.63) is 52.8 Å². The van der Waals surface area contributed by atoms with Gasteiger partial charge in [0.2, 0.25) is 5.91 Å². The second kappa shape index (κ2) is 9.65. The minimum atomic E-state index is -0.206. The van der Waals surface area contributed by atoms with Crippen molar-refractivity contribution in [2.75, 3.05) is 19.3 Å². The number of imidazole rings is 1. The molecular formula is C26H30N6O2S. The fourth-order valence-corrected chi connectivity index (χ4v) is 6.07. The van der Waals surface area contributed by atoms with E-state index in [-0.39, 0.29) is 17.9 Å². The number of nitrogens with one attached hydrogen (secondary N) is 1. The zero-order valence-electron chi connectivity index (χ0n) is 20.1. The minimum Gasteiger partial charge on any atom is -0.397 e. The van der Waals surface area contributed by atoms with Crippen LogP contribution in [0.15, 0.2) is 36.4 Å². The zero-order valence-corrected chi connectivity index (χ0v) is 20.9. The monoisotopic (exact) mass is 490 g/mol. The van der Waals surface area contributed by atoms with Crippen LogP contribution >= 0.6 is 11.3 Å². The highest BCUT2D eigenvalue weighted by Crippen LogP contribution is 2.36.